The van der Waals surface area contributed by atoms with Crippen LogP contribution in [0.2, 0.25) is 0 Å². The Balaban J connectivity index is 1.93. The quantitative estimate of drug-likeness (QED) is 0.612. The average Bonchev–Trinajstić information content (AvgIpc) is 2.84. The van der Waals surface area contributed by atoms with Crippen LogP contribution in [0.25, 0.3) is 0 Å². The van der Waals surface area contributed by atoms with Crippen molar-refractivity contribution in [3.63, 3.8) is 0 Å². The smallest absolute Gasteiger partial charge is 0.250 e. The van der Waals surface area contributed by atoms with Crippen molar-refractivity contribution in [3.8, 4) is 0 Å². The number of nitrogens with two attached hydrogens (primary N) is 1. The van der Waals surface area contributed by atoms with Gasteiger partial charge in [0.15, 0.2) is 0 Å². The Morgan fingerprint density at radius 1 is 1.40 bits per heavy atom. The third kappa shape index (κ3) is 3.55. The molecule has 1 aliphatic rings. The standard InChI is InChI=1S/C14H20N4O2/c1-14(6-7-16-9-14)17-8-12(19)18-11-5-3-2-4-10(11)13(15)20/h2-5,16-17H,6-9H2,1H3,(H2,15,20)(H,18,19). The zero-order valence-electron chi connectivity index (χ0n) is 11.5. The van der Waals surface area contributed by atoms with E-state index in [4.69, 9.17) is 5.73 Å². The van der Waals surface area contributed by atoms with E-state index >= 15 is 0 Å². The van der Waals surface area contributed by atoms with E-state index in [9.17, 15) is 9.59 Å². The molecule has 1 unspecified atom stereocenters. The van der Waals surface area contributed by atoms with Gasteiger partial charge in [-0.3, -0.25) is 9.59 Å². The number of benzene rings is 1. The molecule has 0 aliphatic carbocycles. The molecule has 0 saturated carbocycles. The second-order valence-corrected chi connectivity index (χ2v) is 5.30. The fourth-order valence-electron chi connectivity index (χ4n) is 2.26. The van der Waals surface area contributed by atoms with Gasteiger partial charge in [-0.25, -0.2) is 0 Å². The zero-order chi connectivity index (χ0) is 14.6. The molecular weight excluding hydrogens is 256 g/mol. The van der Waals surface area contributed by atoms with Crippen LogP contribution in [0.3, 0.4) is 0 Å². The molecule has 0 spiro atoms. The molecule has 0 bridgehead atoms. The van der Waals surface area contributed by atoms with Crippen LogP contribution < -0.4 is 21.7 Å². The lowest BCUT2D eigenvalue weighted by Crippen LogP contribution is -2.47. The number of hydrogen-bond donors (Lipinski definition) is 4. The first-order valence-corrected chi connectivity index (χ1v) is 6.65. The van der Waals surface area contributed by atoms with Gasteiger partial charge < -0.3 is 21.7 Å². The highest BCUT2D eigenvalue weighted by atomic mass is 16.2. The lowest BCUT2D eigenvalue weighted by Gasteiger charge is -2.24. The Bertz CT molecular complexity index is 510. The first kappa shape index (κ1) is 14.5. The Morgan fingerprint density at radius 3 is 2.80 bits per heavy atom. The summed E-state index contributed by atoms with van der Waals surface area (Å²) in [5.74, 6) is -0.743. The van der Waals surface area contributed by atoms with E-state index in [0.29, 0.717) is 11.3 Å². The van der Waals surface area contributed by atoms with E-state index in [0.717, 1.165) is 19.5 Å². The van der Waals surface area contributed by atoms with Crippen LogP contribution in [0, 0.1) is 0 Å². The summed E-state index contributed by atoms with van der Waals surface area (Å²) in [5, 5.41) is 9.20. The number of carbonyl (C=O) groups excluding carboxylic acids is 2. The molecule has 1 fully saturated rings. The fourth-order valence-corrected chi connectivity index (χ4v) is 2.26. The summed E-state index contributed by atoms with van der Waals surface area (Å²) in [7, 11) is 0. The lowest BCUT2D eigenvalue weighted by molar-refractivity contribution is -0.115. The van der Waals surface area contributed by atoms with E-state index in [1.165, 1.54) is 0 Å². The topological polar surface area (TPSA) is 96.2 Å². The Labute approximate surface area is 118 Å². The summed E-state index contributed by atoms with van der Waals surface area (Å²) >= 11 is 0. The van der Waals surface area contributed by atoms with E-state index in [1.807, 2.05) is 0 Å². The Kier molecular flexibility index (Phi) is 4.36. The SMILES string of the molecule is CC1(NCC(=O)Nc2ccccc2C(N)=O)CCNC1. The van der Waals surface area contributed by atoms with E-state index in [1.54, 1.807) is 24.3 Å². The van der Waals surface area contributed by atoms with Crippen molar-refractivity contribution < 1.29 is 9.59 Å². The minimum Gasteiger partial charge on any atom is -0.366 e. The summed E-state index contributed by atoms with van der Waals surface area (Å²) in [6.07, 6.45) is 0.984. The predicted molar refractivity (Wildman–Crippen MR) is 77.5 cm³/mol. The summed E-state index contributed by atoms with van der Waals surface area (Å²) in [6, 6.07) is 6.71. The van der Waals surface area contributed by atoms with Gasteiger partial charge in [0.1, 0.15) is 0 Å². The number of nitrogens with one attached hydrogen (secondary N) is 3. The Hall–Kier alpha value is -1.92. The largest absolute Gasteiger partial charge is 0.366 e. The second kappa shape index (κ2) is 6.02. The molecule has 5 N–H and O–H groups in total. The van der Waals surface area contributed by atoms with E-state index in [-0.39, 0.29) is 18.0 Å². The number of primary amides is 1. The second-order valence-electron chi connectivity index (χ2n) is 5.30. The predicted octanol–water partition coefficient (Wildman–Crippen LogP) is 0.0656. The van der Waals surface area contributed by atoms with Crippen molar-refractivity contribution in [2.45, 2.75) is 18.9 Å². The van der Waals surface area contributed by atoms with Crippen LogP contribution in [-0.4, -0.2) is 37.0 Å². The van der Waals surface area contributed by atoms with E-state index in [2.05, 4.69) is 22.9 Å². The molecule has 6 nitrogen and oxygen atoms in total. The Morgan fingerprint density at radius 2 is 2.15 bits per heavy atom. The molecule has 2 rings (SSSR count). The van der Waals surface area contributed by atoms with Crippen LogP contribution in [0.15, 0.2) is 24.3 Å². The third-order valence-electron chi connectivity index (χ3n) is 3.51. The van der Waals surface area contributed by atoms with Crippen molar-refractivity contribution >= 4 is 17.5 Å². The molecule has 6 heteroatoms. The fraction of sp³-hybridized carbons (Fsp3) is 0.429. The highest BCUT2D eigenvalue weighted by Crippen LogP contribution is 2.15. The van der Waals surface area contributed by atoms with Crippen molar-refractivity contribution in [3.05, 3.63) is 29.8 Å². The molecule has 2 amide bonds. The third-order valence-corrected chi connectivity index (χ3v) is 3.51. The summed E-state index contributed by atoms with van der Waals surface area (Å²) < 4.78 is 0. The molecule has 1 aromatic rings. The maximum atomic E-state index is 11.9. The number of hydrogen-bond acceptors (Lipinski definition) is 4. The van der Waals surface area contributed by atoms with Crippen molar-refractivity contribution in [1.82, 2.24) is 10.6 Å². The van der Waals surface area contributed by atoms with Crippen LogP contribution in [-0.2, 0) is 4.79 Å². The number of rotatable bonds is 5. The zero-order valence-corrected chi connectivity index (χ0v) is 11.5. The van der Waals surface area contributed by atoms with Gasteiger partial charge in [0, 0.05) is 12.1 Å². The number of para-hydroxylation sites is 1. The van der Waals surface area contributed by atoms with Crippen molar-refractivity contribution in [2.75, 3.05) is 25.0 Å². The summed E-state index contributed by atoms with van der Waals surface area (Å²) in [6.45, 7) is 4.08. The summed E-state index contributed by atoms with van der Waals surface area (Å²) in [5.41, 5.74) is 5.98. The van der Waals surface area contributed by atoms with Gasteiger partial charge in [-0.15, -0.1) is 0 Å². The normalized spacial score (nSPS) is 21.6. The minimum absolute atomic E-state index is 0.0550. The van der Waals surface area contributed by atoms with Gasteiger partial charge in [-0.1, -0.05) is 12.1 Å². The van der Waals surface area contributed by atoms with Gasteiger partial charge in [0.25, 0.3) is 5.91 Å². The number of amides is 2. The van der Waals surface area contributed by atoms with Crippen molar-refractivity contribution in [1.29, 1.82) is 0 Å². The highest BCUT2D eigenvalue weighted by Gasteiger charge is 2.28. The number of carbonyl (C=O) groups is 2. The molecule has 1 atom stereocenters. The van der Waals surface area contributed by atoms with Crippen LogP contribution in [0.1, 0.15) is 23.7 Å². The van der Waals surface area contributed by atoms with Crippen molar-refractivity contribution in [2.24, 2.45) is 5.73 Å². The first-order valence-electron chi connectivity index (χ1n) is 6.65. The maximum absolute atomic E-state index is 11.9. The monoisotopic (exact) mass is 276 g/mol. The molecular formula is C14H20N4O2. The summed E-state index contributed by atoms with van der Waals surface area (Å²) in [4.78, 5) is 23.2. The minimum atomic E-state index is -0.555. The molecule has 20 heavy (non-hydrogen) atoms. The highest BCUT2D eigenvalue weighted by molar-refractivity contribution is 6.03. The van der Waals surface area contributed by atoms with Gasteiger partial charge in [-0.05, 0) is 32.0 Å². The molecule has 1 aliphatic heterocycles. The van der Waals surface area contributed by atoms with Gasteiger partial charge >= 0.3 is 0 Å². The maximum Gasteiger partial charge on any atom is 0.250 e. The van der Waals surface area contributed by atoms with Gasteiger partial charge in [-0.2, -0.15) is 0 Å². The van der Waals surface area contributed by atoms with Crippen LogP contribution >= 0.6 is 0 Å². The van der Waals surface area contributed by atoms with Gasteiger partial charge in [0.05, 0.1) is 17.8 Å². The average molecular weight is 276 g/mol. The molecule has 1 heterocycles. The molecule has 108 valence electrons. The molecule has 1 aromatic carbocycles. The lowest BCUT2D eigenvalue weighted by atomic mass is 10.0. The van der Waals surface area contributed by atoms with Gasteiger partial charge in [0.2, 0.25) is 5.91 Å². The van der Waals surface area contributed by atoms with Crippen LogP contribution in [0.5, 0.6) is 0 Å². The molecule has 1 saturated heterocycles. The van der Waals surface area contributed by atoms with E-state index < -0.39 is 5.91 Å². The molecule has 0 radical (unpaired) electrons. The van der Waals surface area contributed by atoms with Crippen LogP contribution in [0.4, 0.5) is 5.69 Å². The first-order chi connectivity index (χ1) is 9.50. The number of anilines is 1. The molecule has 0 aromatic heterocycles.